The van der Waals surface area contributed by atoms with Crippen LogP contribution in [0.25, 0.3) is 0 Å². The van der Waals surface area contributed by atoms with Gasteiger partial charge in [0.2, 0.25) is 0 Å². The molecule has 1 rings (SSSR count). The zero-order valence-corrected chi connectivity index (χ0v) is 7.39. The first-order valence-corrected chi connectivity index (χ1v) is 4.45. The SMILES string of the molecule is CCC1(C#CC(=O)O)CCCC1. The van der Waals surface area contributed by atoms with Crippen molar-refractivity contribution in [3.63, 3.8) is 0 Å². The Morgan fingerprint density at radius 3 is 2.50 bits per heavy atom. The van der Waals surface area contributed by atoms with Crippen molar-refractivity contribution in [1.82, 2.24) is 0 Å². The van der Waals surface area contributed by atoms with E-state index in [2.05, 4.69) is 18.8 Å². The Labute approximate surface area is 73.0 Å². The van der Waals surface area contributed by atoms with E-state index >= 15 is 0 Å². The molecular weight excluding hydrogens is 152 g/mol. The lowest BCUT2D eigenvalue weighted by Gasteiger charge is -2.18. The third kappa shape index (κ3) is 2.01. The Morgan fingerprint density at radius 1 is 1.50 bits per heavy atom. The van der Waals surface area contributed by atoms with Gasteiger partial charge in [-0.05, 0) is 19.3 Å². The summed E-state index contributed by atoms with van der Waals surface area (Å²) in [5.41, 5.74) is 0.0262. The molecule has 12 heavy (non-hydrogen) atoms. The van der Waals surface area contributed by atoms with Gasteiger partial charge in [0.25, 0.3) is 0 Å². The number of carboxylic acid groups (broad SMARTS) is 1. The Balaban J connectivity index is 2.69. The van der Waals surface area contributed by atoms with Gasteiger partial charge in [0.1, 0.15) is 0 Å². The van der Waals surface area contributed by atoms with E-state index < -0.39 is 5.97 Å². The minimum atomic E-state index is -1.00. The van der Waals surface area contributed by atoms with Gasteiger partial charge in [-0.15, -0.1) is 0 Å². The monoisotopic (exact) mass is 166 g/mol. The van der Waals surface area contributed by atoms with Gasteiger partial charge in [0, 0.05) is 11.3 Å². The Kier molecular flexibility index (Phi) is 2.75. The van der Waals surface area contributed by atoms with Crippen molar-refractivity contribution in [3.05, 3.63) is 0 Å². The first-order chi connectivity index (χ1) is 5.68. The Hall–Kier alpha value is -0.970. The molecule has 1 saturated carbocycles. The summed E-state index contributed by atoms with van der Waals surface area (Å²) in [6.45, 7) is 2.09. The van der Waals surface area contributed by atoms with Crippen LogP contribution in [0.15, 0.2) is 0 Å². The standard InChI is InChI=1S/C10H14O2/c1-2-10(6-3-4-7-10)8-5-9(11)12/h2-4,6-7H2,1H3,(H,11,12). The normalized spacial score (nSPS) is 19.8. The average Bonchev–Trinajstić information content (AvgIpc) is 2.50. The molecule has 0 amide bonds. The average molecular weight is 166 g/mol. The minimum Gasteiger partial charge on any atom is -0.472 e. The van der Waals surface area contributed by atoms with Crippen molar-refractivity contribution in [3.8, 4) is 11.8 Å². The van der Waals surface area contributed by atoms with Crippen LogP contribution in [-0.2, 0) is 4.79 Å². The van der Waals surface area contributed by atoms with Gasteiger partial charge < -0.3 is 5.11 Å². The molecule has 2 heteroatoms. The Bertz CT molecular complexity index is 226. The van der Waals surface area contributed by atoms with Crippen molar-refractivity contribution in [2.24, 2.45) is 5.41 Å². The quantitative estimate of drug-likeness (QED) is 0.605. The molecule has 0 spiro atoms. The van der Waals surface area contributed by atoms with Gasteiger partial charge in [-0.1, -0.05) is 25.7 Å². The topological polar surface area (TPSA) is 37.3 Å². The second-order valence-electron chi connectivity index (χ2n) is 3.40. The molecule has 0 saturated heterocycles. The van der Waals surface area contributed by atoms with E-state index in [0.29, 0.717) is 0 Å². The second-order valence-corrected chi connectivity index (χ2v) is 3.40. The summed E-state index contributed by atoms with van der Waals surface area (Å²) in [6, 6.07) is 0. The van der Waals surface area contributed by atoms with Crippen molar-refractivity contribution in [2.75, 3.05) is 0 Å². The maximum absolute atomic E-state index is 10.2. The third-order valence-corrected chi connectivity index (χ3v) is 2.67. The van der Waals surface area contributed by atoms with Crippen LogP contribution < -0.4 is 0 Å². The fraction of sp³-hybridized carbons (Fsp3) is 0.700. The minimum absolute atomic E-state index is 0.0262. The van der Waals surface area contributed by atoms with E-state index in [4.69, 9.17) is 5.11 Å². The second kappa shape index (κ2) is 3.62. The number of aliphatic carboxylic acids is 1. The van der Waals surface area contributed by atoms with Crippen LogP contribution >= 0.6 is 0 Å². The number of hydrogen-bond donors (Lipinski definition) is 1. The molecule has 1 aliphatic rings. The molecule has 0 aromatic heterocycles. The number of carbonyl (C=O) groups is 1. The zero-order chi connectivity index (χ0) is 9.03. The number of carboxylic acids is 1. The van der Waals surface area contributed by atoms with E-state index in [1.54, 1.807) is 0 Å². The summed E-state index contributed by atoms with van der Waals surface area (Å²) in [7, 11) is 0. The zero-order valence-electron chi connectivity index (χ0n) is 7.39. The summed E-state index contributed by atoms with van der Waals surface area (Å²) in [5.74, 6) is 4.14. The molecule has 66 valence electrons. The molecule has 0 aromatic carbocycles. The summed E-state index contributed by atoms with van der Waals surface area (Å²) in [5, 5.41) is 8.41. The molecule has 0 aromatic rings. The lowest BCUT2D eigenvalue weighted by atomic mass is 9.84. The summed E-state index contributed by atoms with van der Waals surface area (Å²) < 4.78 is 0. The van der Waals surface area contributed by atoms with E-state index in [1.807, 2.05) is 0 Å². The fourth-order valence-corrected chi connectivity index (χ4v) is 1.80. The molecule has 0 heterocycles. The molecule has 0 unspecified atom stereocenters. The maximum atomic E-state index is 10.2. The van der Waals surface area contributed by atoms with E-state index in [0.717, 1.165) is 19.3 Å². The molecular formula is C10H14O2. The summed E-state index contributed by atoms with van der Waals surface area (Å²) >= 11 is 0. The van der Waals surface area contributed by atoms with Crippen LogP contribution in [-0.4, -0.2) is 11.1 Å². The molecule has 0 radical (unpaired) electrons. The van der Waals surface area contributed by atoms with Gasteiger partial charge in [-0.2, -0.15) is 0 Å². The molecule has 2 nitrogen and oxygen atoms in total. The Morgan fingerprint density at radius 2 is 2.08 bits per heavy atom. The molecule has 1 N–H and O–H groups in total. The van der Waals surface area contributed by atoms with Gasteiger partial charge in [0.05, 0.1) is 0 Å². The van der Waals surface area contributed by atoms with Crippen LogP contribution in [0.1, 0.15) is 39.0 Å². The fourth-order valence-electron chi connectivity index (χ4n) is 1.80. The largest absolute Gasteiger partial charge is 0.472 e. The van der Waals surface area contributed by atoms with E-state index in [9.17, 15) is 4.79 Å². The third-order valence-electron chi connectivity index (χ3n) is 2.67. The van der Waals surface area contributed by atoms with Gasteiger partial charge >= 0.3 is 5.97 Å². The highest BCUT2D eigenvalue weighted by atomic mass is 16.4. The van der Waals surface area contributed by atoms with Crippen LogP contribution in [0.4, 0.5) is 0 Å². The highest BCUT2D eigenvalue weighted by Crippen LogP contribution is 2.40. The summed E-state index contributed by atoms with van der Waals surface area (Å²) in [6.07, 6.45) is 5.52. The van der Waals surface area contributed by atoms with Crippen LogP contribution in [0.3, 0.4) is 0 Å². The highest BCUT2D eigenvalue weighted by Gasteiger charge is 2.29. The molecule has 0 bridgehead atoms. The number of rotatable bonds is 1. The smallest absolute Gasteiger partial charge is 0.381 e. The van der Waals surface area contributed by atoms with Crippen molar-refractivity contribution >= 4 is 5.97 Å². The molecule has 1 fully saturated rings. The lowest BCUT2D eigenvalue weighted by Crippen LogP contribution is -2.12. The van der Waals surface area contributed by atoms with Crippen LogP contribution in [0.5, 0.6) is 0 Å². The predicted octanol–water partition coefficient (Wildman–Crippen LogP) is 2.04. The first-order valence-electron chi connectivity index (χ1n) is 4.45. The van der Waals surface area contributed by atoms with Crippen molar-refractivity contribution < 1.29 is 9.90 Å². The maximum Gasteiger partial charge on any atom is 0.381 e. The van der Waals surface area contributed by atoms with Gasteiger partial charge in [-0.25, -0.2) is 4.79 Å². The van der Waals surface area contributed by atoms with Crippen LogP contribution in [0.2, 0.25) is 0 Å². The molecule has 1 aliphatic carbocycles. The number of hydrogen-bond acceptors (Lipinski definition) is 1. The first kappa shape index (κ1) is 9.12. The van der Waals surface area contributed by atoms with Gasteiger partial charge in [-0.3, -0.25) is 0 Å². The predicted molar refractivity (Wildman–Crippen MR) is 46.6 cm³/mol. The van der Waals surface area contributed by atoms with Gasteiger partial charge in [0.15, 0.2) is 0 Å². The van der Waals surface area contributed by atoms with Crippen molar-refractivity contribution in [2.45, 2.75) is 39.0 Å². The van der Waals surface area contributed by atoms with E-state index in [1.165, 1.54) is 12.8 Å². The highest BCUT2D eigenvalue weighted by molar-refractivity contribution is 5.86. The molecule has 0 atom stereocenters. The van der Waals surface area contributed by atoms with Crippen molar-refractivity contribution in [1.29, 1.82) is 0 Å². The van der Waals surface area contributed by atoms with E-state index in [-0.39, 0.29) is 5.41 Å². The summed E-state index contributed by atoms with van der Waals surface area (Å²) in [4.78, 5) is 10.2. The lowest BCUT2D eigenvalue weighted by molar-refractivity contribution is -0.130. The van der Waals surface area contributed by atoms with Crippen LogP contribution in [0, 0.1) is 17.3 Å². The molecule has 0 aliphatic heterocycles.